The van der Waals surface area contributed by atoms with Crippen LogP contribution in [0.3, 0.4) is 0 Å². The third kappa shape index (κ3) is 3.68. The molecule has 0 N–H and O–H groups in total. The fourth-order valence-corrected chi connectivity index (χ4v) is 6.03. The van der Waals surface area contributed by atoms with Crippen LogP contribution in [0.1, 0.15) is 11.1 Å². The Morgan fingerprint density at radius 2 is 0.889 bits per heavy atom. The molecule has 0 radical (unpaired) electrons. The lowest BCUT2D eigenvalue weighted by atomic mass is 9.99. The number of hydrogen-bond donors (Lipinski definition) is 0. The minimum absolute atomic E-state index is 0.0936. The van der Waals surface area contributed by atoms with Gasteiger partial charge in [0.2, 0.25) is 11.8 Å². The zero-order chi connectivity index (χ0) is 25.1. The fourth-order valence-electron chi connectivity index (χ4n) is 4.90. The number of benzene rings is 4. The van der Waals surface area contributed by atoms with E-state index in [2.05, 4.69) is 0 Å². The van der Waals surface area contributed by atoms with Crippen molar-refractivity contribution in [1.29, 1.82) is 0 Å². The number of carbonyl (C=O) groups is 2. The standard InChI is InChI=1S/C28H16Cl4N2O2/c29-19-3-1-4-20(30)27(19)33-23-9-7-15(11-17(23)13-25(33)35)16-8-10-24-18(12-16)14-26(36)34(24)28-21(31)5-2-6-22(28)32/h1-12H,13-14H2. The number of carbonyl (C=O) groups excluding carboxylic acids is 2. The van der Waals surface area contributed by atoms with E-state index in [0.29, 0.717) is 31.5 Å². The number of halogens is 4. The summed E-state index contributed by atoms with van der Waals surface area (Å²) in [7, 11) is 0. The Hall–Kier alpha value is -3.02. The van der Waals surface area contributed by atoms with Crippen molar-refractivity contribution in [2.75, 3.05) is 9.80 Å². The van der Waals surface area contributed by atoms with Gasteiger partial charge in [-0.15, -0.1) is 0 Å². The molecule has 0 atom stereocenters. The van der Waals surface area contributed by atoms with Crippen molar-refractivity contribution < 1.29 is 9.59 Å². The molecule has 2 aliphatic rings. The molecule has 2 heterocycles. The maximum atomic E-state index is 12.9. The maximum Gasteiger partial charge on any atom is 0.236 e. The average molecular weight is 554 g/mol. The number of nitrogens with zero attached hydrogens (tertiary/aromatic N) is 2. The van der Waals surface area contributed by atoms with E-state index in [1.807, 2.05) is 36.4 Å². The number of para-hydroxylation sites is 2. The van der Waals surface area contributed by atoms with E-state index in [1.165, 1.54) is 0 Å². The van der Waals surface area contributed by atoms with Crippen molar-refractivity contribution in [2.45, 2.75) is 12.8 Å². The fraction of sp³-hybridized carbons (Fsp3) is 0.0714. The van der Waals surface area contributed by atoms with Crippen molar-refractivity contribution in [3.8, 4) is 11.1 Å². The van der Waals surface area contributed by atoms with Gasteiger partial charge in [0.25, 0.3) is 0 Å². The Balaban J connectivity index is 1.37. The number of amides is 2. The van der Waals surface area contributed by atoms with Crippen molar-refractivity contribution >= 4 is 81.0 Å². The summed E-state index contributed by atoms with van der Waals surface area (Å²) in [6.45, 7) is 0. The predicted molar refractivity (Wildman–Crippen MR) is 147 cm³/mol. The average Bonchev–Trinajstić information content (AvgIpc) is 3.34. The molecule has 0 aliphatic carbocycles. The van der Waals surface area contributed by atoms with Gasteiger partial charge in [-0.3, -0.25) is 19.4 Å². The summed E-state index contributed by atoms with van der Waals surface area (Å²) in [5, 5.41) is 1.66. The van der Waals surface area contributed by atoms with Crippen LogP contribution in [-0.4, -0.2) is 11.8 Å². The van der Waals surface area contributed by atoms with E-state index in [0.717, 1.165) is 33.6 Å². The molecule has 6 rings (SSSR count). The summed E-state index contributed by atoms with van der Waals surface area (Å²) in [6, 6.07) is 22.1. The smallest absolute Gasteiger partial charge is 0.236 e. The third-order valence-corrected chi connectivity index (χ3v) is 7.70. The van der Waals surface area contributed by atoms with E-state index in [1.54, 1.807) is 46.2 Å². The van der Waals surface area contributed by atoms with Crippen molar-refractivity contribution in [2.24, 2.45) is 0 Å². The molecule has 178 valence electrons. The molecule has 36 heavy (non-hydrogen) atoms. The molecular formula is C28H16Cl4N2O2. The van der Waals surface area contributed by atoms with Gasteiger partial charge in [-0.25, -0.2) is 0 Å². The second kappa shape index (κ2) is 8.82. The van der Waals surface area contributed by atoms with Gasteiger partial charge in [0.15, 0.2) is 0 Å². The highest BCUT2D eigenvalue weighted by Crippen LogP contribution is 2.46. The Morgan fingerprint density at radius 1 is 0.528 bits per heavy atom. The lowest BCUT2D eigenvalue weighted by Gasteiger charge is -2.21. The summed E-state index contributed by atoms with van der Waals surface area (Å²) in [4.78, 5) is 29.0. The van der Waals surface area contributed by atoms with Crippen LogP contribution in [0.25, 0.3) is 11.1 Å². The Morgan fingerprint density at radius 3 is 1.25 bits per heavy atom. The molecule has 8 heteroatoms. The zero-order valence-corrected chi connectivity index (χ0v) is 21.6. The maximum absolute atomic E-state index is 12.9. The number of hydrogen-bond acceptors (Lipinski definition) is 2. The molecule has 0 unspecified atom stereocenters. The van der Waals surface area contributed by atoms with E-state index in [9.17, 15) is 9.59 Å². The lowest BCUT2D eigenvalue weighted by Crippen LogP contribution is -2.21. The lowest BCUT2D eigenvalue weighted by molar-refractivity contribution is -0.117. The quantitative estimate of drug-likeness (QED) is 0.255. The first-order valence-electron chi connectivity index (χ1n) is 11.1. The minimum atomic E-state index is -0.0936. The van der Waals surface area contributed by atoms with Crippen LogP contribution in [-0.2, 0) is 22.4 Å². The van der Waals surface area contributed by atoms with Crippen LogP contribution in [0.4, 0.5) is 22.7 Å². The first-order valence-corrected chi connectivity index (χ1v) is 12.6. The molecule has 0 saturated carbocycles. The zero-order valence-electron chi connectivity index (χ0n) is 18.6. The largest absolute Gasteiger partial charge is 0.277 e. The molecule has 2 aliphatic heterocycles. The Kier molecular flexibility index (Phi) is 5.73. The van der Waals surface area contributed by atoms with Gasteiger partial charge in [0.05, 0.1) is 55.7 Å². The minimum Gasteiger partial charge on any atom is -0.277 e. The Labute approximate surface area is 227 Å². The SMILES string of the molecule is O=C1Cc2cc(-c3ccc4c(c3)CC(=O)N4c3c(Cl)cccc3Cl)ccc2N1c1c(Cl)cccc1Cl. The Bertz CT molecular complexity index is 1440. The normalized spacial score (nSPS) is 14.4. The van der Waals surface area contributed by atoms with Gasteiger partial charge in [-0.2, -0.15) is 0 Å². The molecule has 0 spiro atoms. The van der Waals surface area contributed by atoms with Gasteiger partial charge in [-0.1, -0.05) is 70.7 Å². The van der Waals surface area contributed by atoms with E-state index < -0.39 is 0 Å². The molecule has 4 aromatic rings. The summed E-state index contributed by atoms with van der Waals surface area (Å²) >= 11 is 25.5. The molecule has 4 nitrogen and oxygen atoms in total. The predicted octanol–water partition coefficient (Wildman–Crippen LogP) is 8.41. The van der Waals surface area contributed by atoms with E-state index >= 15 is 0 Å². The van der Waals surface area contributed by atoms with Crippen LogP contribution in [0, 0.1) is 0 Å². The van der Waals surface area contributed by atoms with Crippen molar-refractivity contribution in [1.82, 2.24) is 0 Å². The first-order chi connectivity index (χ1) is 17.3. The molecule has 4 aromatic carbocycles. The van der Waals surface area contributed by atoms with Gasteiger partial charge >= 0.3 is 0 Å². The van der Waals surface area contributed by atoms with Crippen LogP contribution in [0.5, 0.6) is 0 Å². The molecule has 0 fully saturated rings. The topological polar surface area (TPSA) is 40.6 Å². The molecular weight excluding hydrogens is 538 g/mol. The van der Waals surface area contributed by atoms with Gasteiger partial charge in [0.1, 0.15) is 0 Å². The number of fused-ring (bicyclic) bond motifs is 2. The highest BCUT2D eigenvalue weighted by molar-refractivity contribution is 6.41. The second-order valence-corrected chi connectivity index (χ2v) is 10.3. The second-order valence-electron chi connectivity index (χ2n) is 8.64. The third-order valence-electron chi connectivity index (χ3n) is 6.48. The van der Waals surface area contributed by atoms with E-state index in [-0.39, 0.29) is 24.7 Å². The summed E-state index contributed by atoms with van der Waals surface area (Å²) in [6.07, 6.45) is 0.486. The number of anilines is 4. The van der Waals surface area contributed by atoms with Crippen LogP contribution < -0.4 is 9.80 Å². The van der Waals surface area contributed by atoms with Gasteiger partial charge in [0, 0.05) is 0 Å². The van der Waals surface area contributed by atoms with Crippen LogP contribution in [0.15, 0.2) is 72.8 Å². The van der Waals surface area contributed by atoms with Gasteiger partial charge in [-0.05, 0) is 70.8 Å². The first kappa shape index (κ1) is 23.4. The highest BCUT2D eigenvalue weighted by Gasteiger charge is 2.33. The summed E-state index contributed by atoms with van der Waals surface area (Å²) < 4.78 is 0. The number of rotatable bonds is 3. The van der Waals surface area contributed by atoms with Crippen LogP contribution >= 0.6 is 46.4 Å². The van der Waals surface area contributed by atoms with E-state index in [4.69, 9.17) is 46.4 Å². The summed E-state index contributed by atoms with van der Waals surface area (Å²) in [5.41, 5.74) is 6.16. The summed E-state index contributed by atoms with van der Waals surface area (Å²) in [5.74, 6) is -0.187. The van der Waals surface area contributed by atoms with Crippen molar-refractivity contribution in [3.63, 3.8) is 0 Å². The molecule has 2 amide bonds. The van der Waals surface area contributed by atoms with Crippen molar-refractivity contribution in [3.05, 3.63) is 104 Å². The monoisotopic (exact) mass is 552 g/mol. The molecule has 0 saturated heterocycles. The molecule has 0 bridgehead atoms. The molecule has 0 aromatic heterocycles. The van der Waals surface area contributed by atoms with Crippen LogP contribution in [0.2, 0.25) is 20.1 Å². The highest BCUT2D eigenvalue weighted by atomic mass is 35.5. The van der Waals surface area contributed by atoms with Gasteiger partial charge < -0.3 is 0 Å².